The number of nitrogens with zero attached hydrogens (tertiary/aromatic N) is 4. The molecule has 3 aromatic rings. The van der Waals surface area contributed by atoms with Crippen LogP contribution in [0.15, 0.2) is 53.8 Å². The molecule has 0 spiro atoms. The molecule has 10 heteroatoms. The maximum Gasteiger partial charge on any atom is 0.274 e. The monoisotopic (exact) mass is 456 g/mol. The van der Waals surface area contributed by atoms with Gasteiger partial charge in [0.2, 0.25) is 20.9 Å². The lowest BCUT2D eigenvalue weighted by molar-refractivity contribution is -0.131. The number of hydrogen-bond acceptors (Lipinski definition) is 6. The van der Waals surface area contributed by atoms with Gasteiger partial charge in [-0.3, -0.25) is 14.0 Å². The van der Waals surface area contributed by atoms with Gasteiger partial charge in [-0.1, -0.05) is 18.2 Å². The highest BCUT2D eigenvalue weighted by molar-refractivity contribution is 7.90. The van der Waals surface area contributed by atoms with Crippen molar-refractivity contribution in [2.24, 2.45) is 0 Å². The van der Waals surface area contributed by atoms with Crippen LogP contribution in [0.5, 0.6) is 5.75 Å². The summed E-state index contributed by atoms with van der Waals surface area (Å²) in [5.74, 6) is 0.340. The first-order valence-corrected chi connectivity index (χ1v) is 12.0. The Labute approximate surface area is 186 Å². The van der Waals surface area contributed by atoms with Crippen molar-refractivity contribution in [1.29, 1.82) is 0 Å². The fraction of sp³-hybridized carbons (Fsp3) is 0.318. The Morgan fingerprint density at radius 3 is 2.44 bits per heavy atom. The fourth-order valence-corrected chi connectivity index (χ4v) is 4.58. The Bertz CT molecular complexity index is 1280. The number of pyridine rings is 1. The summed E-state index contributed by atoms with van der Waals surface area (Å²) in [5.41, 5.74) is 1.40. The SMILES string of the molecule is COc1cccc(CC(=O)N2CCN(C(=O)c3nc(S(C)(=O)=O)n4ccccc34)CC2)c1. The lowest BCUT2D eigenvalue weighted by Gasteiger charge is -2.34. The molecule has 1 aliphatic rings. The van der Waals surface area contributed by atoms with E-state index in [2.05, 4.69) is 4.98 Å². The van der Waals surface area contributed by atoms with Crippen LogP contribution in [0, 0.1) is 0 Å². The van der Waals surface area contributed by atoms with Crippen LogP contribution in [-0.2, 0) is 21.1 Å². The number of fused-ring (bicyclic) bond motifs is 1. The average Bonchev–Trinajstić information content (AvgIpc) is 3.19. The Morgan fingerprint density at radius 2 is 1.75 bits per heavy atom. The van der Waals surface area contributed by atoms with Crippen molar-refractivity contribution < 1.29 is 22.7 Å². The minimum Gasteiger partial charge on any atom is -0.497 e. The van der Waals surface area contributed by atoms with Crippen molar-refractivity contribution in [3.63, 3.8) is 0 Å². The van der Waals surface area contributed by atoms with Gasteiger partial charge in [0.25, 0.3) is 5.91 Å². The summed E-state index contributed by atoms with van der Waals surface area (Å²) in [5, 5.41) is -0.163. The van der Waals surface area contributed by atoms with E-state index < -0.39 is 9.84 Å². The Balaban J connectivity index is 1.45. The van der Waals surface area contributed by atoms with Gasteiger partial charge in [0.15, 0.2) is 5.69 Å². The summed E-state index contributed by atoms with van der Waals surface area (Å²) in [6, 6.07) is 12.5. The number of carbonyl (C=O) groups is 2. The van der Waals surface area contributed by atoms with Crippen LogP contribution in [0.2, 0.25) is 0 Å². The smallest absolute Gasteiger partial charge is 0.274 e. The fourth-order valence-electron chi connectivity index (χ4n) is 3.81. The van der Waals surface area contributed by atoms with Crippen LogP contribution >= 0.6 is 0 Å². The predicted molar refractivity (Wildman–Crippen MR) is 117 cm³/mol. The molecule has 0 atom stereocenters. The molecule has 1 saturated heterocycles. The van der Waals surface area contributed by atoms with Crippen LogP contribution in [0.25, 0.3) is 5.52 Å². The summed E-state index contributed by atoms with van der Waals surface area (Å²) >= 11 is 0. The molecule has 1 fully saturated rings. The van der Waals surface area contributed by atoms with Crippen LogP contribution in [0.3, 0.4) is 0 Å². The summed E-state index contributed by atoms with van der Waals surface area (Å²) in [6.45, 7) is 1.50. The highest BCUT2D eigenvalue weighted by Gasteiger charge is 2.29. The van der Waals surface area contributed by atoms with E-state index >= 15 is 0 Å². The minimum atomic E-state index is -3.61. The second-order valence-electron chi connectivity index (χ2n) is 7.67. The third-order valence-electron chi connectivity index (χ3n) is 5.46. The molecule has 2 amide bonds. The van der Waals surface area contributed by atoms with E-state index in [1.165, 1.54) is 4.40 Å². The lowest BCUT2D eigenvalue weighted by atomic mass is 10.1. The van der Waals surface area contributed by atoms with Gasteiger partial charge in [0.05, 0.1) is 19.0 Å². The van der Waals surface area contributed by atoms with Crippen LogP contribution < -0.4 is 4.74 Å². The van der Waals surface area contributed by atoms with Gasteiger partial charge in [-0.05, 0) is 29.8 Å². The van der Waals surface area contributed by atoms with Crippen molar-refractivity contribution in [3.8, 4) is 5.75 Å². The first-order valence-electron chi connectivity index (χ1n) is 10.1. The van der Waals surface area contributed by atoms with E-state index in [0.29, 0.717) is 37.4 Å². The average molecular weight is 457 g/mol. The number of carbonyl (C=O) groups excluding carboxylic acids is 2. The molecule has 1 aliphatic heterocycles. The van der Waals surface area contributed by atoms with Crippen molar-refractivity contribution >= 4 is 27.2 Å². The number of amides is 2. The van der Waals surface area contributed by atoms with E-state index in [-0.39, 0.29) is 29.1 Å². The Hall–Kier alpha value is -3.40. The molecule has 0 unspecified atom stereocenters. The molecule has 32 heavy (non-hydrogen) atoms. The van der Waals surface area contributed by atoms with Crippen molar-refractivity contribution in [2.75, 3.05) is 39.5 Å². The number of sulfone groups is 1. The van der Waals surface area contributed by atoms with Gasteiger partial charge in [-0.2, -0.15) is 0 Å². The van der Waals surface area contributed by atoms with E-state index in [4.69, 9.17) is 4.74 Å². The third kappa shape index (κ3) is 4.31. The zero-order valence-electron chi connectivity index (χ0n) is 17.9. The Kier molecular flexibility index (Phi) is 5.88. The van der Waals surface area contributed by atoms with E-state index in [9.17, 15) is 18.0 Å². The molecule has 2 aromatic heterocycles. The van der Waals surface area contributed by atoms with E-state index in [1.807, 2.05) is 24.3 Å². The zero-order chi connectivity index (χ0) is 22.9. The van der Waals surface area contributed by atoms with Gasteiger partial charge in [-0.15, -0.1) is 0 Å². The van der Waals surface area contributed by atoms with Gasteiger partial charge in [-0.25, -0.2) is 13.4 Å². The van der Waals surface area contributed by atoms with Gasteiger partial charge < -0.3 is 14.5 Å². The van der Waals surface area contributed by atoms with Crippen molar-refractivity contribution in [3.05, 3.63) is 59.9 Å². The molecular weight excluding hydrogens is 432 g/mol. The maximum absolute atomic E-state index is 13.1. The molecule has 0 N–H and O–H groups in total. The van der Waals surface area contributed by atoms with E-state index in [0.717, 1.165) is 11.8 Å². The normalized spacial score (nSPS) is 14.6. The first kappa shape index (κ1) is 21.8. The number of imidazole rings is 1. The van der Waals surface area contributed by atoms with Crippen LogP contribution in [0.4, 0.5) is 0 Å². The van der Waals surface area contributed by atoms with Crippen LogP contribution in [-0.4, -0.2) is 79.0 Å². The van der Waals surface area contributed by atoms with Crippen LogP contribution in [0.1, 0.15) is 16.1 Å². The zero-order valence-corrected chi connectivity index (χ0v) is 18.7. The number of aromatic nitrogens is 2. The molecule has 0 bridgehead atoms. The molecule has 0 aliphatic carbocycles. The minimum absolute atomic E-state index is 0.0165. The Morgan fingerprint density at radius 1 is 1.03 bits per heavy atom. The molecular formula is C22H24N4O5S. The summed E-state index contributed by atoms with van der Waals surface area (Å²) in [4.78, 5) is 33.3. The predicted octanol–water partition coefficient (Wildman–Crippen LogP) is 1.27. The van der Waals surface area contributed by atoms with E-state index in [1.54, 1.807) is 41.3 Å². The lowest BCUT2D eigenvalue weighted by Crippen LogP contribution is -2.51. The van der Waals surface area contributed by atoms with Gasteiger partial charge in [0.1, 0.15) is 5.75 Å². The summed E-state index contributed by atoms with van der Waals surface area (Å²) < 4.78 is 30.8. The molecule has 3 heterocycles. The topological polar surface area (TPSA) is 101 Å². The highest BCUT2D eigenvalue weighted by atomic mass is 32.2. The van der Waals surface area contributed by atoms with Gasteiger partial charge >= 0.3 is 0 Å². The first-order chi connectivity index (χ1) is 15.3. The molecule has 1 aromatic carbocycles. The molecule has 0 radical (unpaired) electrons. The van der Waals surface area contributed by atoms with Crippen molar-refractivity contribution in [2.45, 2.75) is 11.6 Å². The number of piperazine rings is 1. The standard InChI is InChI=1S/C22H24N4O5S/c1-31-17-7-5-6-16(14-17)15-19(27)24-10-12-25(13-11-24)21(28)20-18-8-3-4-9-26(18)22(23-20)32(2,29)30/h3-9,14H,10-13,15H2,1-2H3. The number of methoxy groups -OCH3 is 1. The molecule has 9 nitrogen and oxygen atoms in total. The summed E-state index contributed by atoms with van der Waals surface area (Å²) in [6.07, 6.45) is 2.90. The maximum atomic E-state index is 13.1. The van der Waals surface area contributed by atoms with Gasteiger partial charge in [0, 0.05) is 38.6 Å². The second kappa shape index (κ2) is 8.62. The molecule has 168 valence electrons. The quantitative estimate of drug-likeness (QED) is 0.573. The molecule has 0 saturated carbocycles. The highest BCUT2D eigenvalue weighted by Crippen LogP contribution is 2.20. The second-order valence-corrected chi connectivity index (χ2v) is 9.58. The molecule has 4 rings (SSSR count). The van der Waals surface area contributed by atoms with Crippen molar-refractivity contribution in [1.82, 2.24) is 19.2 Å². The number of hydrogen-bond donors (Lipinski definition) is 0. The largest absolute Gasteiger partial charge is 0.497 e. The summed E-state index contributed by atoms with van der Waals surface area (Å²) in [7, 11) is -2.03. The number of benzene rings is 1. The number of rotatable bonds is 5. The third-order valence-corrected chi connectivity index (χ3v) is 6.41. The number of ether oxygens (including phenoxy) is 1.